The molecule has 0 rings (SSSR count). The molecule has 1 atom stereocenters. The van der Waals surface area contributed by atoms with Gasteiger partial charge in [-0.1, -0.05) is 78.2 Å². The van der Waals surface area contributed by atoms with Crippen LogP contribution in [0.4, 0.5) is 0 Å². The molecule has 0 spiro atoms. The zero-order valence-corrected chi connectivity index (χ0v) is 23.5. The van der Waals surface area contributed by atoms with Crippen molar-refractivity contribution in [3.63, 3.8) is 0 Å². The Kier molecular flexibility index (Phi) is 14.6. The van der Waals surface area contributed by atoms with E-state index in [9.17, 15) is 14.4 Å². The summed E-state index contributed by atoms with van der Waals surface area (Å²) < 4.78 is 10.9. The van der Waals surface area contributed by atoms with Crippen LogP contribution in [0.3, 0.4) is 0 Å². The number of carbonyl (C=O) groups is 3. The Bertz CT molecular complexity index is 751. The lowest BCUT2D eigenvalue weighted by atomic mass is 10.1. The third kappa shape index (κ3) is 12.3. The summed E-state index contributed by atoms with van der Waals surface area (Å²) in [6, 6.07) is -1.00. The molecule has 0 heterocycles. The Morgan fingerprint density at radius 3 is 2.24 bits per heavy atom. The smallest absolute Gasteiger partial charge is 0.330 e. The van der Waals surface area contributed by atoms with Crippen molar-refractivity contribution in [1.82, 2.24) is 10.6 Å². The van der Waals surface area contributed by atoms with Gasteiger partial charge < -0.3 is 19.8 Å². The molecule has 0 radical (unpaired) electrons. The lowest BCUT2D eigenvalue weighted by molar-refractivity contribution is -0.145. The average Bonchev–Trinajstić information content (AvgIpc) is 2.76. The van der Waals surface area contributed by atoms with Gasteiger partial charge in [0.25, 0.3) is 11.8 Å². The number of unbranched alkanes of at least 4 members (excludes halogenated alkanes) is 5. The molecular weight excluding hydrogens is 448 g/mol. The van der Waals surface area contributed by atoms with E-state index in [1.807, 2.05) is 12.2 Å². The van der Waals surface area contributed by atoms with E-state index in [0.29, 0.717) is 5.57 Å². The van der Waals surface area contributed by atoms with Crippen LogP contribution in [0.2, 0.25) is 18.1 Å². The topological polar surface area (TPSA) is 93.7 Å². The van der Waals surface area contributed by atoms with Crippen molar-refractivity contribution in [2.45, 2.75) is 97.3 Å². The molecule has 0 aromatic carbocycles. The SMILES string of the molecule is C=C(NC(=O)/C(C)=C/C=C/CCCCCCC)C(=O)NC(CO[Si](C)(C)C(C)(C)C)C(=O)OC. The number of hydrogen-bond acceptors (Lipinski definition) is 5. The molecule has 7 nitrogen and oxygen atoms in total. The largest absolute Gasteiger partial charge is 0.467 e. The highest BCUT2D eigenvalue weighted by Crippen LogP contribution is 2.36. The van der Waals surface area contributed by atoms with Gasteiger partial charge >= 0.3 is 5.97 Å². The van der Waals surface area contributed by atoms with Crippen LogP contribution in [0.15, 0.2) is 36.1 Å². The summed E-state index contributed by atoms with van der Waals surface area (Å²) in [4.78, 5) is 37.1. The van der Waals surface area contributed by atoms with Crippen molar-refractivity contribution in [2.75, 3.05) is 13.7 Å². The highest BCUT2D eigenvalue weighted by molar-refractivity contribution is 6.74. The van der Waals surface area contributed by atoms with E-state index in [1.165, 1.54) is 32.8 Å². The number of allylic oxidation sites excluding steroid dienone is 3. The monoisotopic (exact) mass is 494 g/mol. The molecule has 1 unspecified atom stereocenters. The Hall–Kier alpha value is -2.19. The first kappa shape index (κ1) is 31.8. The van der Waals surface area contributed by atoms with Crippen molar-refractivity contribution in [3.05, 3.63) is 36.1 Å². The molecule has 0 saturated heterocycles. The van der Waals surface area contributed by atoms with Gasteiger partial charge in [0.2, 0.25) is 0 Å². The van der Waals surface area contributed by atoms with Crippen molar-refractivity contribution in [1.29, 1.82) is 0 Å². The molecule has 2 amide bonds. The maximum atomic E-state index is 12.5. The summed E-state index contributed by atoms with van der Waals surface area (Å²) in [6.07, 6.45) is 12.7. The van der Waals surface area contributed by atoms with Crippen LogP contribution in [0, 0.1) is 0 Å². The number of rotatable bonds is 15. The van der Waals surface area contributed by atoms with E-state index >= 15 is 0 Å². The lowest BCUT2D eigenvalue weighted by Crippen LogP contribution is -2.50. The fraction of sp³-hybridized carbons (Fsp3) is 0.654. The number of esters is 1. The van der Waals surface area contributed by atoms with Crippen molar-refractivity contribution < 1.29 is 23.5 Å². The van der Waals surface area contributed by atoms with Crippen LogP contribution in [-0.2, 0) is 23.5 Å². The second-order valence-corrected chi connectivity index (χ2v) is 14.8. The fourth-order valence-corrected chi connectivity index (χ4v) is 3.62. The van der Waals surface area contributed by atoms with Crippen LogP contribution in [-0.4, -0.2) is 45.9 Å². The van der Waals surface area contributed by atoms with E-state index in [4.69, 9.17) is 9.16 Å². The second kappa shape index (κ2) is 15.7. The number of ether oxygens (including phenoxy) is 1. The van der Waals surface area contributed by atoms with E-state index in [1.54, 1.807) is 13.0 Å². The predicted octanol–water partition coefficient (Wildman–Crippen LogP) is 5.16. The molecule has 0 aliphatic carbocycles. The predicted molar refractivity (Wildman–Crippen MR) is 141 cm³/mol. The van der Waals surface area contributed by atoms with E-state index in [2.05, 4.69) is 58.0 Å². The van der Waals surface area contributed by atoms with E-state index in [0.717, 1.165) is 12.8 Å². The van der Waals surface area contributed by atoms with Crippen LogP contribution in [0.1, 0.15) is 73.1 Å². The van der Waals surface area contributed by atoms with Gasteiger partial charge in [-0.15, -0.1) is 0 Å². The van der Waals surface area contributed by atoms with Gasteiger partial charge in [-0.3, -0.25) is 9.59 Å². The molecule has 194 valence electrons. The maximum Gasteiger partial charge on any atom is 0.330 e. The first-order valence-electron chi connectivity index (χ1n) is 12.1. The quantitative estimate of drug-likeness (QED) is 0.108. The zero-order valence-electron chi connectivity index (χ0n) is 22.5. The van der Waals surface area contributed by atoms with Crippen LogP contribution in [0.5, 0.6) is 0 Å². The minimum atomic E-state index is -2.14. The molecule has 0 fully saturated rings. The van der Waals surface area contributed by atoms with Crippen molar-refractivity contribution in [3.8, 4) is 0 Å². The highest BCUT2D eigenvalue weighted by atomic mass is 28.4. The van der Waals surface area contributed by atoms with Crippen LogP contribution < -0.4 is 10.6 Å². The summed E-state index contributed by atoms with van der Waals surface area (Å²) in [6.45, 7) is 17.8. The molecule has 0 aromatic rings. The standard InChI is InChI=1S/C26H46N2O5Si/c1-10-11-12-13-14-15-16-17-18-20(2)23(29)27-21(3)24(30)28-22(25(31)32-7)19-33-34(8,9)26(4,5)6/h16-18,22H,3,10-15,19H2,1-2,4-9H3,(H,27,29)(H,28,30)/b17-16+,20-18+. The maximum absolute atomic E-state index is 12.5. The third-order valence-corrected chi connectivity index (χ3v) is 10.6. The van der Waals surface area contributed by atoms with Crippen molar-refractivity contribution in [2.24, 2.45) is 0 Å². The summed E-state index contributed by atoms with van der Waals surface area (Å²) in [5, 5.41) is 4.98. The zero-order chi connectivity index (χ0) is 26.4. The van der Waals surface area contributed by atoms with Crippen LogP contribution in [0.25, 0.3) is 0 Å². The second-order valence-electron chi connectivity index (χ2n) is 10.0. The van der Waals surface area contributed by atoms with Crippen molar-refractivity contribution >= 4 is 26.1 Å². The Morgan fingerprint density at radius 1 is 1.06 bits per heavy atom. The molecule has 0 aliphatic heterocycles. The Labute approximate surface area is 207 Å². The summed E-state index contributed by atoms with van der Waals surface area (Å²) >= 11 is 0. The normalized spacial score (nSPS) is 13.5. The third-order valence-electron chi connectivity index (χ3n) is 6.06. The number of methoxy groups -OCH3 is 1. The minimum absolute atomic E-state index is 0.0156. The van der Waals surface area contributed by atoms with E-state index < -0.39 is 32.1 Å². The fourth-order valence-electron chi connectivity index (χ4n) is 2.61. The van der Waals surface area contributed by atoms with Gasteiger partial charge in [0.15, 0.2) is 8.32 Å². The summed E-state index contributed by atoms with van der Waals surface area (Å²) in [5.41, 5.74) is 0.292. The Morgan fingerprint density at radius 2 is 1.68 bits per heavy atom. The lowest BCUT2D eigenvalue weighted by Gasteiger charge is -2.37. The molecule has 0 bridgehead atoms. The molecule has 34 heavy (non-hydrogen) atoms. The summed E-state index contributed by atoms with van der Waals surface area (Å²) in [5.74, 6) is -1.72. The van der Waals surface area contributed by atoms with Gasteiger partial charge in [-0.25, -0.2) is 4.79 Å². The van der Waals surface area contributed by atoms with Gasteiger partial charge in [0.1, 0.15) is 6.04 Å². The number of nitrogens with one attached hydrogen (secondary N) is 2. The Balaban J connectivity index is 4.81. The number of hydrogen-bond donors (Lipinski definition) is 2. The van der Waals surface area contributed by atoms with Gasteiger partial charge in [0.05, 0.1) is 19.4 Å². The molecule has 0 aromatic heterocycles. The van der Waals surface area contributed by atoms with Gasteiger partial charge in [-0.05, 0) is 37.9 Å². The molecular formula is C26H46N2O5Si. The molecule has 0 aliphatic rings. The molecule has 2 N–H and O–H groups in total. The highest BCUT2D eigenvalue weighted by Gasteiger charge is 2.38. The number of amides is 2. The van der Waals surface area contributed by atoms with Crippen LogP contribution >= 0.6 is 0 Å². The number of carbonyl (C=O) groups excluding carboxylic acids is 3. The molecule has 8 heteroatoms. The summed E-state index contributed by atoms with van der Waals surface area (Å²) in [7, 11) is -0.891. The van der Waals surface area contributed by atoms with Gasteiger partial charge in [-0.2, -0.15) is 0 Å². The first-order valence-corrected chi connectivity index (χ1v) is 15.0. The first-order chi connectivity index (χ1) is 15.8. The molecule has 0 saturated carbocycles. The van der Waals surface area contributed by atoms with Gasteiger partial charge in [0, 0.05) is 5.57 Å². The minimum Gasteiger partial charge on any atom is -0.467 e. The average molecular weight is 495 g/mol. The van der Waals surface area contributed by atoms with E-state index in [-0.39, 0.29) is 17.3 Å².